The summed E-state index contributed by atoms with van der Waals surface area (Å²) in [5, 5.41) is 18.7. The molecule has 1 aromatic rings. The van der Waals surface area contributed by atoms with E-state index in [4.69, 9.17) is 16.7 Å². The molecule has 6 nitrogen and oxygen atoms in total. The summed E-state index contributed by atoms with van der Waals surface area (Å²) in [6.45, 7) is 0. The van der Waals surface area contributed by atoms with Crippen molar-refractivity contribution in [2.75, 3.05) is 0 Å². The highest BCUT2D eigenvalue weighted by Crippen LogP contribution is 2.27. The predicted molar refractivity (Wildman–Crippen MR) is 44.0 cm³/mol. The summed E-state index contributed by atoms with van der Waals surface area (Å²) in [6, 6.07) is 0.921. The van der Waals surface area contributed by atoms with E-state index in [1.165, 1.54) is 7.05 Å². The van der Waals surface area contributed by atoms with Crippen LogP contribution < -0.4 is 0 Å². The molecule has 0 aromatic carbocycles. The Labute approximate surface area is 77.5 Å². The lowest BCUT2D eigenvalue weighted by atomic mass is 10.4. The smallest absolute Gasteiger partial charge is 0.352 e. The van der Waals surface area contributed by atoms with Gasteiger partial charge in [0.05, 0.1) is 11.0 Å². The second-order valence-corrected chi connectivity index (χ2v) is 2.68. The number of aromatic nitrogens is 1. The summed E-state index contributed by atoms with van der Waals surface area (Å²) in [7, 11) is 1.35. The zero-order valence-corrected chi connectivity index (χ0v) is 7.28. The van der Waals surface area contributed by atoms with E-state index in [9.17, 15) is 14.9 Å². The van der Waals surface area contributed by atoms with E-state index in [0.29, 0.717) is 0 Å². The number of nitro groups is 1. The fourth-order valence-corrected chi connectivity index (χ4v) is 1.11. The van der Waals surface area contributed by atoms with Gasteiger partial charge in [-0.05, 0) is 0 Å². The van der Waals surface area contributed by atoms with Crippen LogP contribution in [0.25, 0.3) is 0 Å². The zero-order chi connectivity index (χ0) is 10.2. The van der Waals surface area contributed by atoms with Crippen molar-refractivity contribution in [2.45, 2.75) is 0 Å². The van der Waals surface area contributed by atoms with E-state index in [2.05, 4.69) is 0 Å². The third-order valence-corrected chi connectivity index (χ3v) is 2.00. The lowest BCUT2D eigenvalue weighted by Gasteiger charge is -1.95. The molecule has 70 valence electrons. The van der Waals surface area contributed by atoms with Crippen molar-refractivity contribution >= 4 is 23.3 Å². The first-order valence-corrected chi connectivity index (χ1v) is 3.56. The highest BCUT2D eigenvalue weighted by molar-refractivity contribution is 6.32. The number of nitrogens with zero attached hydrogens (tertiary/aromatic N) is 2. The minimum absolute atomic E-state index is 0.192. The van der Waals surface area contributed by atoms with Crippen molar-refractivity contribution in [2.24, 2.45) is 7.05 Å². The van der Waals surface area contributed by atoms with Crippen LogP contribution in [0.5, 0.6) is 0 Å². The van der Waals surface area contributed by atoms with Gasteiger partial charge >= 0.3 is 11.7 Å². The Morgan fingerprint density at radius 2 is 2.31 bits per heavy atom. The van der Waals surface area contributed by atoms with E-state index in [-0.39, 0.29) is 10.8 Å². The third-order valence-electron chi connectivity index (χ3n) is 1.56. The van der Waals surface area contributed by atoms with E-state index >= 15 is 0 Å². The van der Waals surface area contributed by atoms with Crippen molar-refractivity contribution in [1.29, 1.82) is 0 Å². The SMILES string of the molecule is Cn1c(C(=O)O)cc([N+](=O)[O-])c1Cl. The second kappa shape index (κ2) is 3.06. The molecule has 0 spiro atoms. The summed E-state index contributed by atoms with van der Waals surface area (Å²) in [6.07, 6.45) is 0. The molecule has 0 radical (unpaired) electrons. The molecule has 0 saturated carbocycles. The first-order chi connectivity index (χ1) is 5.95. The molecule has 0 amide bonds. The number of aromatic carboxylic acids is 1. The molecule has 0 fully saturated rings. The number of hydrogen-bond donors (Lipinski definition) is 1. The first kappa shape index (κ1) is 9.53. The van der Waals surface area contributed by atoms with Crippen LogP contribution in [-0.4, -0.2) is 20.6 Å². The van der Waals surface area contributed by atoms with Crippen LogP contribution in [0.3, 0.4) is 0 Å². The molecule has 0 bridgehead atoms. The van der Waals surface area contributed by atoms with Crippen molar-refractivity contribution in [3.63, 3.8) is 0 Å². The number of halogens is 1. The van der Waals surface area contributed by atoms with Crippen LogP contribution in [0.4, 0.5) is 5.69 Å². The predicted octanol–water partition coefficient (Wildman–Crippen LogP) is 1.28. The Hall–Kier alpha value is -1.56. The van der Waals surface area contributed by atoms with Gasteiger partial charge in [0, 0.05) is 7.05 Å². The molecule has 0 atom stereocenters. The van der Waals surface area contributed by atoms with Gasteiger partial charge in [-0.25, -0.2) is 4.79 Å². The summed E-state index contributed by atoms with van der Waals surface area (Å²) >= 11 is 5.51. The van der Waals surface area contributed by atoms with Gasteiger partial charge in [0.15, 0.2) is 5.15 Å². The van der Waals surface area contributed by atoms with E-state index in [0.717, 1.165) is 10.6 Å². The normalized spacial score (nSPS) is 10.0. The van der Waals surface area contributed by atoms with Crippen LogP contribution in [0, 0.1) is 10.1 Å². The average molecular weight is 205 g/mol. The number of carboxylic acid groups (broad SMARTS) is 1. The van der Waals surface area contributed by atoms with Gasteiger partial charge in [-0.1, -0.05) is 11.6 Å². The first-order valence-electron chi connectivity index (χ1n) is 3.18. The maximum atomic E-state index is 10.5. The second-order valence-electron chi connectivity index (χ2n) is 2.33. The Morgan fingerprint density at radius 1 is 1.77 bits per heavy atom. The number of hydrogen-bond acceptors (Lipinski definition) is 3. The standard InChI is InChI=1S/C6H5ClN2O4/c1-8-4(6(10)11)2-3(5(8)7)9(12)13/h2H,1H3,(H,10,11). The summed E-state index contributed by atoms with van der Waals surface area (Å²) in [5.41, 5.74) is -0.613. The largest absolute Gasteiger partial charge is 0.477 e. The Bertz CT molecular complexity index is 350. The van der Waals surface area contributed by atoms with Crippen LogP contribution in [-0.2, 0) is 7.05 Å². The van der Waals surface area contributed by atoms with Gasteiger partial charge in [0.2, 0.25) is 0 Å². The zero-order valence-electron chi connectivity index (χ0n) is 6.52. The molecule has 13 heavy (non-hydrogen) atoms. The van der Waals surface area contributed by atoms with Crippen LogP contribution in [0.1, 0.15) is 10.5 Å². The summed E-state index contributed by atoms with van der Waals surface area (Å²) in [5.74, 6) is -1.25. The Balaban J connectivity index is 3.36. The molecule has 1 N–H and O–H groups in total. The van der Waals surface area contributed by atoms with E-state index in [1.54, 1.807) is 0 Å². The van der Waals surface area contributed by atoms with Gasteiger partial charge in [-0.2, -0.15) is 0 Å². The summed E-state index contributed by atoms with van der Waals surface area (Å²) < 4.78 is 1.04. The number of carboxylic acids is 1. The molecule has 1 aromatic heterocycles. The Morgan fingerprint density at radius 3 is 2.54 bits per heavy atom. The molecule has 1 heterocycles. The van der Waals surface area contributed by atoms with Crippen LogP contribution >= 0.6 is 11.6 Å². The molecular formula is C6H5ClN2O4. The monoisotopic (exact) mass is 204 g/mol. The average Bonchev–Trinajstić information content (AvgIpc) is 2.29. The minimum atomic E-state index is -1.25. The topological polar surface area (TPSA) is 85.4 Å². The highest BCUT2D eigenvalue weighted by atomic mass is 35.5. The molecular weight excluding hydrogens is 200 g/mol. The number of rotatable bonds is 2. The molecule has 0 unspecified atom stereocenters. The van der Waals surface area contributed by atoms with Crippen molar-refractivity contribution in [3.8, 4) is 0 Å². The molecule has 0 saturated heterocycles. The van der Waals surface area contributed by atoms with E-state index < -0.39 is 16.6 Å². The van der Waals surface area contributed by atoms with E-state index in [1.807, 2.05) is 0 Å². The minimum Gasteiger partial charge on any atom is -0.477 e. The molecule has 7 heteroatoms. The van der Waals surface area contributed by atoms with Gasteiger partial charge in [0.25, 0.3) is 0 Å². The fraction of sp³-hybridized carbons (Fsp3) is 0.167. The maximum Gasteiger partial charge on any atom is 0.352 e. The Kier molecular flexibility index (Phi) is 2.24. The fourth-order valence-electron chi connectivity index (χ4n) is 0.897. The maximum absolute atomic E-state index is 10.5. The molecule has 0 aliphatic heterocycles. The van der Waals surface area contributed by atoms with Gasteiger partial charge in [-0.3, -0.25) is 10.1 Å². The molecule has 0 aliphatic rings. The highest BCUT2D eigenvalue weighted by Gasteiger charge is 2.23. The van der Waals surface area contributed by atoms with Gasteiger partial charge in [-0.15, -0.1) is 0 Å². The van der Waals surface area contributed by atoms with Crippen molar-refractivity contribution in [1.82, 2.24) is 4.57 Å². The molecule has 0 aliphatic carbocycles. The van der Waals surface area contributed by atoms with Crippen molar-refractivity contribution < 1.29 is 14.8 Å². The van der Waals surface area contributed by atoms with Gasteiger partial charge in [0.1, 0.15) is 5.69 Å². The number of carbonyl (C=O) groups is 1. The van der Waals surface area contributed by atoms with Crippen LogP contribution in [0.2, 0.25) is 5.15 Å². The molecule has 1 rings (SSSR count). The van der Waals surface area contributed by atoms with Gasteiger partial charge < -0.3 is 9.67 Å². The van der Waals surface area contributed by atoms with Crippen LogP contribution in [0.15, 0.2) is 6.07 Å². The third kappa shape index (κ3) is 1.48. The lowest BCUT2D eigenvalue weighted by Crippen LogP contribution is -2.03. The quantitative estimate of drug-likeness (QED) is 0.581. The van der Waals surface area contributed by atoms with Crippen molar-refractivity contribution in [3.05, 3.63) is 27.0 Å². The lowest BCUT2D eigenvalue weighted by molar-refractivity contribution is -0.384. The summed E-state index contributed by atoms with van der Waals surface area (Å²) in [4.78, 5) is 20.1.